The summed E-state index contributed by atoms with van der Waals surface area (Å²) >= 11 is 1.63. The van der Waals surface area contributed by atoms with E-state index in [0.717, 1.165) is 38.8 Å². The molecule has 0 spiro atoms. The fourth-order valence-corrected chi connectivity index (χ4v) is 3.07. The molecule has 21 heavy (non-hydrogen) atoms. The normalized spacial score (nSPS) is 10.6. The fraction of sp³-hybridized carbons (Fsp3) is 0.118. The highest BCUT2D eigenvalue weighted by Crippen LogP contribution is 2.31. The van der Waals surface area contributed by atoms with Crippen molar-refractivity contribution in [3.05, 3.63) is 53.4 Å². The largest absolute Gasteiger partial charge is 0.496 e. The minimum absolute atomic E-state index is 0.752. The average Bonchev–Trinajstić information content (AvgIpc) is 2.97. The molecule has 3 aromatic rings. The van der Waals surface area contributed by atoms with E-state index in [1.807, 2.05) is 43.3 Å². The van der Waals surface area contributed by atoms with Gasteiger partial charge >= 0.3 is 0 Å². The van der Waals surface area contributed by atoms with Crippen molar-refractivity contribution in [1.29, 1.82) is 0 Å². The molecule has 2 N–H and O–H groups in total. The number of methoxy groups -OCH3 is 1. The van der Waals surface area contributed by atoms with Gasteiger partial charge in [-0.1, -0.05) is 12.1 Å². The first-order valence-corrected chi connectivity index (χ1v) is 7.52. The van der Waals surface area contributed by atoms with E-state index in [9.17, 15) is 0 Å². The highest BCUT2D eigenvalue weighted by molar-refractivity contribution is 7.13. The maximum atomic E-state index is 5.83. The number of hydrogen-bond donors (Lipinski definition) is 1. The third kappa shape index (κ3) is 2.76. The molecule has 0 radical (unpaired) electrons. The maximum absolute atomic E-state index is 5.83. The van der Waals surface area contributed by atoms with E-state index in [-0.39, 0.29) is 0 Å². The lowest BCUT2D eigenvalue weighted by Crippen LogP contribution is -1.88. The highest BCUT2D eigenvalue weighted by Gasteiger charge is 2.08. The Morgan fingerprint density at radius 1 is 1.10 bits per heavy atom. The number of ether oxygens (including phenoxy) is 1. The number of anilines is 1. The summed E-state index contributed by atoms with van der Waals surface area (Å²) in [7, 11) is 1.68. The van der Waals surface area contributed by atoms with Crippen molar-refractivity contribution in [3.8, 4) is 27.6 Å². The summed E-state index contributed by atoms with van der Waals surface area (Å²) in [6.45, 7) is 2.04. The number of thiazole rings is 1. The fourth-order valence-electron chi connectivity index (χ4n) is 2.25. The first kappa shape index (κ1) is 13.6. The molecule has 1 heterocycles. The monoisotopic (exact) mass is 296 g/mol. The van der Waals surface area contributed by atoms with Crippen LogP contribution in [0.3, 0.4) is 0 Å². The first-order valence-electron chi connectivity index (χ1n) is 6.64. The second-order valence-electron chi connectivity index (χ2n) is 4.85. The maximum Gasteiger partial charge on any atom is 0.124 e. The van der Waals surface area contributed by atoms with E-state index in [4.69, 9.17) is 15.5 Å². The number of rotatable bonds is 3. The first-order chi connectivity index (χ1) is 10.2. The van der Waals surface area contributed by atoms with E-state index >= 15 is 0 Å². The van der Waals surface area contributed by atoms with Gasteiger partial charge in [-0.15, -0.1) is 11.3 Å². The molecule has 0 aliphatic rings. The van der Waals surface area contributed by atoms with E-state index in [1.165, 1.54) is 0 Å². The van der Waals surface area contributed by atoms with Gasteiger partial charge in [0.2, 0.25) is 0 Å². The van der Waals surface area contributed by atoms with Gasteiger partial charge in [0.15, 0.2) is 0 Å². The van der Waals surface area contributed by atoms with Gasteiger partial charge in [0.1, 0.15) is 10.8 Å². The molecule has 0 saturated heterocycles. The Morgan fingerprint density at radius 3 is 2.67 bits per heavy atom. The van der Waals surface area contributed by atoms with Crippen LogP contribution in [0.1, 0.15) is 5.56 Å². The summed E-state index contributed by atoms with van der Waals surface area (Å²) < 4.78 is 5.29. The molecule has 0 aliphatic heterocycles. The minimum atomic E-state index is 0.752. The van der Waals surface area contributed by atoms with Crippen LogP contribution in [0, 0.1) is 6.92 Å². The van der Waals surface area contributed by atoms with Crippen LogP contribution in [0.5, 0.6) is 5.75 Å². The van der Waals surface area contributed by atoms with Crippen LogP contribution in [0.2, 0.25) is 0 Å². The number of nitrogen functional groups attached to an aromatic ring is 1. The number of nitrogens with zero attached hydrogens (tertiary/aromatic N) is 1. The Labute approximate surface area is 128 Å². The van der Waals surface area contributed by atoms with Crippen molar-refractivity contribution in [1.82, 2.24) is 4.98 Å². The SMILES string of the molecule is COc1ccc(-c2nc(-c3cccc(N)c3)cs2)cc1C. The smallest absolute Gasteiger partial charge is 0.124 e. The average molecular weight is 296 g/mol. The number of hydrogen-bond acceptors (Lipinski definition) is 4. The van der Waals surface area contributed by atoms with Gasteiger partial charge in [0.25, 0.3) is 0 Å². The predicted molar refractivity (Wildman–Crippen MR) is 88.7 cm³/mol. The molecular formula is C17H16N2OS. The van der Waals surface area contributed by atoms with Crippen LogP contribution in [-0.4, -0.2) is 12.1 Å². The molecule has 3 nitrogen and oxygen atoms in total. The predicted octanol–water partition coefficient (Wildman–Crippen LogP) is 4.38. The molecule has 0 atom stereocenters. The summed E-state index contributed by atoms with van der Waals surface area (Å²) in [4.78, 5) is 4.71. The topological polar surface area (TPSA) is 48.1 Å². The van der Waals surface area contributed by atoms with Crippen LogP contribution in [0.25, 0.3) is 21.8 Å². The molecular weight excluding hydrogens is 280 g/mol. The van der Waals surface area contributed by atoms with E-state index in [2.05, 4.69) is 11.4 Å². The lowest BCUT2D eigenvalue weighted by atomic mass is 10.1. The van der Waals surface area contributed by atoms with Gasteiger partial charge in [-0.2, -0.15) is 0 Å². The van der Waals surface area contributed by atoms with Crippen LogP contribution >= 0.6 is 11.3 Å². The summed E-state index contributed by atoms with van der Waals surface area (Å²) in [5, 5.41) is 3.06. The lowest BCUT2D eigenvalue weighted by Gasteiger charge is -2.05. The molecule has 106 valence electrons. The number of nitrogens with two attached hydrogens (primary N) is 1. The summed E-state index contributed by atoms with van der Waals surface area (Å²) in [6, 6.07) is 13.9. The van der Waals surface area contributed by atoms with Crippen molar-refractivity contribution in [2.24, 2.45) is 0 Å². The van der Waals surface area contributed by atoms with E-state index < -0.39 is 0 Å². The van der Waals surface area contributed by atoms with Crippen LogP contribution in [0.4, 0.5) is 5.69 Å². The van der Waals surface area contributed by atoms with E-state index in [1.54, 1.807) is 18.4 Å². The molecule has 0 fully saturated rings. The van der Waals surface area contributed by atoms with Crippen molar-refractivity contribution < 1.29 is 4.74 Å². The minimum Gasteiger partial charge on any atom is -0.496 e. The molecule has 0 saturated carbocycles. The van der Waals surface area contributed by atoms with Crippen molar-refractivity contribution in [2.45, 2.75) is 6.92 Å². The third-order valence-corrected chi connectivity index (χ3v) is 4.22. The van der Waals surface area contributed by atoms with Gasteiger partial charge in [-0.3, -0.25) is 0 Å². The number of benzene rings is 2. The van der Waals surface area contributed by atoms with Crippen molar-refractivity contribution in [3.63, 3.8) is 0 Å². The van der Waals surface area contributed by atoms with Gasteiger partial charge in [-0.05, 0) is 42.8 Å². The zero-order valence-corrected chi connectivity index (χ0v) is 12.8. The van der Waals surface area contributed by atoms with Crippen molar-refractivity contribution in [2.75, 3.05) is 12.8 Å². The molecule has 0 unspecified atom stereocenters. The Bertz CT molecular complexity index is 780. The molecule has 0 amide bonds. The molecule has 4 heteroatoms. The summed E-state index contributed by atoms with van der Waals surface area (Å²) in [6.07, 6.45) is 0. The highest BCUT2D eigenvalue weighted by atomic mass is 32.1. The third-order valence-electron chi connectivity index (χ3n) is 3.33. The summed E-state index contributed by atoms with van der Waals surface area (Å²) in [5.41, 5.74) is 10.8. The Morgan fingerprint density at radius 2 is 1.95 bits per heavy atom. The molecule has 2 aromatic carbocycles. The summed E-state index contributed by atoms with van der Waals surface area (Å²) in [5.74, 6) is 0.895. The standard InChI is InChI=1S/C17H16N2OS/c1-11-8-13(6-7-16(11)20-2)17-19-15(10-21-17)12-4-3-5-14(18)9-12/h3-10H,18H2,1-2H3. The number of aryl methyl sites for hydroxylation is 1. The van der Waals surface area contributed by atoms with Gasteiger partial charge in [-0.25, -0.2) is 4.98 Å². The van der Waals surface area contributed by atoms with Crippen LogP contribution in [-0.2, 0) is 0 Å². The Hall–Kier alpha value is -2.33. The second-order valence-corrected chi connectivity index (χ2v) is 5.71. The number of aromatic nitrogens is 1. The second kappa shape index (κ2) is 5.58. The van der Waals surface area contributed by atoms with Crippen LogP contribution in [0.15, 0.2) is 47.8 Å². The molecule has 3 rings (SSSR count). The van der Waals surface area contributed by atoms with Gasteiger partial charge < -0.3 is 10.5 Å². The zero-order chi connectivity index (χ0) is 14.8. The molecule has 1 aromatic heterocycles. The van der Waals surface area contributed by atoms with Crippen LogP contribution < -0.4 is 10.5 Å². The Kier molecular flexibility index (Phi) is 3.62. The van der Waals surface area contributed by atoms with Gasteiger partial charge in [0.05, 0.1) is 12.8 Å². The quantitative estimate of drug-likeness (QED) is 0.730. The van der Waals surface area contributed by atoms with Gasteiger partial charge in [0, 0.05) is 22.2 Å². The zero-order valence-electron chi connectivity index (χ0n) is 12.0. The Balaban J connectivity index is 1.96. The lowest BCUT2D eigenvalue weighted by molar-refractivity contribution is 0.412. The van der Waals surface area contributed by atoms with Crippen molar-refractivity contribution >= 4 is 17.0 Å². The molecule has 0 aliphatic carbocycles. The molecule has 0 bridgehead atoms. The van der Waals surface area contributed by atoms with E-state index in [0.29, 0.717) is 0 Å².